The summed E-state index contributed by atoms with van der Waals surface area (Å²) in [6, 6.07) is 24.0. The van der Waals surface area contributed by atoms with E-state index >= 15 is 0 Å². The Morgan fingerprint density at radius 1 is 0.936 bits per heavy atom. The van der Waals surface area contributed by atoms with Crippen LogP contribution in [0.1, 0.15) is 58.6 Å². The quantitative estimate of drug-likeness (QED) is 0.205. The van der Waals surface area contributed by atoms with E-state index in [1.165, 1.54) is 11.3 Å². The predicted molar refractivity (Wildman–Crippen MR) is 190 cm³/mol. The van der Waals surface area contributed by atoms with Crippen LogP contribution in [0.4, 0.5) is 0 Å². The van der Waals surface area contributed by atoms with E-state index in [4.69, 9.17) is 5.73 Å². The Balaban J connectivity index is 1.42. The molecule has 1 aliphatic rings. The fourth-order valence-electron chi connectivity index (χ4n) is 6.52. The summed E-state index contributed by atoms with van der Waals surface area (Å²) in [4.78, 5) is 48.8. The Morgan fingerprint density at radius 3 is 2.43 bits per heavy atom. The maximum Gasteiger partial charge on any atom is 0.254 e. The molecule has 248 valence electrons. The van der Waals surface area contributed by atoms with E-state index in [2.05, 4.69) is 29.4 Å². The van der Waals surface area contributed by atoms with Gasteiger partial charge in [0, 0.05) is 56.0 Å². The summed E-state index contributed by atoms with van der Waals surface area (Å²) in [5.74, 6) is -0.748. The topological polar surface area (TPSA) is 99.0 Å². The largest absolute Gasteiger partial charge is 0.354 e. The lowest BCUT2D eigenvalue weighted by Crippen LogP contribution is -2.56. The van der Waals surface area contributed by atoms with Crippen LogP contribution in [-0.4, -0.2) is 84.8 Å². The van der Waals surface area contributed by atoms with E-state index in [1.807, 2.05) is 66.9 Å². The van der Waals surface area contributed by atoms with Gasteiger partial charge in [0.25, 0.3) is 5.91 Å². The Labute approximate surface area is 282 Å². The third kappa shape index (κ3) is 8.46. The van der Waals surface area contributed by atoms with Crippen LogP contribution in [0.5, 0.6) is 0 Å². The number of nitrogens with one attached hydrogen (secondary N) is 1. The first kappa shape index (κ1) is 34.3. The summed E-state index contributed by atoms with van der Waals surface area (Å²) in [5, 5.41) is 7.28. The van der Waals surface area contributed by atoms with Gasteiger partial charge >= 0.3 is 0 Å². The van der Waals surface area contributed by atoms with Gasteiger partial charge in [0.2, 0.25) is 11.8 Å². The van der Waals surface area contributed by atoms with Crippen molar-refractivity contribution in [3.05, 3.63) is 106 Å². The second kappa shape index (κ2) is 15.7. The molecule has 1 aliphatic heterocycles. The van der Waals surface area contributed by atoms with Gasteiger partial charge < -0.3 is 25.8 Å². The molecule has 3 aromatic carbocycles. The molecule has 1 saturated heterocycles. The van der Waals surface area contributed by atoms with E-state index in [9.17, 15) is 14.4 Å². The molecule has 2 heterocycles. The zero-order valence-corrected chi connectivity index (χ0v) is 28.7. The molecule has 0 bridgehead atoms. The number of carbonyl (C=O) groups excluding carboxylic acids is 3. The normalized spacial score (nSPS) is 16.8. The molecule has 0 radical (unpaired) electrons. The van der Waals surface area contributed by atoms with Crippen molar-refractivity contribution >= 4 is 39.8 Å². The third-order valence-electron chi connectivity index (χ3n) is 9.52. The molecule has 0 spiro atoms. The number of hydrogen-bond donors (Lipinski definition) is 2. The minimum absolute atomic E-state index is 0.182. The van der Waals surface area contributed by atoms with Crippen molar-refractivity contribution in [2.24, 2.45) is 5.73 Å². The zero-order valence-electron chi connectivity index (χ0n) is 27.9. The minimum atomic E-state index is -0.849. The fourth-order valence-corrected chi connectivity index (χ4v) is 7.26. The fraction of sp³-hybridized carbons (Fsp3) is 0.395. The maximum absolute atomic E-state index is 14.6. The number of fused-ring (bicyclic) bond motifs is 1. The average molecular weight is 654 g/mol. The van der Waals surface area contributed by atoms with Crippen LogP contribution >= 0.6 is 11.3 Å². The first-order chi connectivity index (χ1) is 22.6. The molecule has 3 N–H and O–H groups in total. The van der Waals surface area contributed by atoms with E-state index in [0.717, 1.165) is 46.2 Å². The molecule has 1 fully saturated rings. The van der Waals surface area contributed by atoms with Gasteiger partial charge in [-0.3, -0.25) is 14.4 Å². The predicted octanol–water partition coefficient (Wildman–Crippen LogP) is 5.27. The van der Waals surface area contributed by atoms with Gasteiger partial charge in [0.05, 0.1) is 0 Å². The van der Waals surface area contributed by atoms with Crippen molar-refractivity contribution in [3.8, 4) is 0 Å². The average Bonchev–Trinajstić information content (AvgIpc) is 3.76. The maximum atomic E-state index is 14.6. The second-order valence-electron chi connectivity index (χ2n) is 12.8. The van der Waals surface area contributed by atoms with Gasteiger partial charge in [0.15, 0.2) is 0 Å². The molecule has 47 heavy (non-hydrogen) atoms. The van der Waals surface area contributed by atoms with E-state index in [1.54, 1.807) is 42.5 Å². The van der Waals surface area contributed by atoms with E-state index in [0.29, 0.717) is 31.0 Å². The number of nitrogens with two attached hydrogens (primary N) is 1. The summed E-state index contributed by atoms with van der Waals surface area (Å²) in [6.07, 6.45) is 3.87. The van der Waals surface area contributed by atoms with Crippen molar-refractivity contribution in [3.63, 3.8) is 0 Å². The van der Waals surface area contributed by atoms with Crippen LogP contribution in [0, 0.1) is 0 Å². The molecule has 8 nitrogen and oxygen atoms in total. The summed E-state index contributed by atoms with van der Waals surface area (Å²) < 4.78 is 0. The number of benzene rings is 3. The Hall–Kier alpha value is -4.05. The van der Waals surface area contributed by atoms with Gasteiger partial charge in [-0.15, -0.1) is 11.3 Å². The van der Waals surface area contributed by atoms with Crippen LogP contribution in [0.2, 0.25) is 0 Å². The van der Waals surface area contributed by atoms with Crippen LogP contribution in [0.3, 0.4) is 0 Å². The number of likely N-dealkylation sites (N-methyl/N-ethyl adjacent to an activating group) is 2. The molecule has 5 rings (SSSR count). The Morgan fingerprint density at radius 2 is 1.72 bits per heavy atom. The number of carbonyl (C=O) groups is 3. The molecular weight excluding hydrogens is 607 g/mol. The molecule has 3 amide bonds. The summed E-state index contributed by atoms with van der Waals surface area (Å²) in [7, 11) is 5.49. The number of nitrogens with zero attached hydrogens (tertiary/aromatic N) is 3. The van der Waals surface area contributed by atoms with Crippen molar-refractivity contribution in [1.82, 2.24) is 20.0 Å². The molecule has 9 heteroatoms. The van der Waals surface area contributed by atoms with Crippen LogP contribution in [0.15, 0.2) is 84.2 Å². The Kier molecular flexibility index (Phi) is 11.4. The summed E-state index contributed by atoms with van der Waals surface area (Å²) in [6.45, 7) is 3.50. The molecule has 4 aromatic rings. The molecule has 4 atom stereocenters. The SMILES string of the molecule is CC(N)c1cccc(C(=O)N(C)[C@H](Cc2ccc3ccccc3c2)C(=O)N(C)[C@H](Cc2cccs2)C(=O)NCCC2CCCN2C)c1. The lowest BCUT2D eigenvalue weighted by atomic mass is 9.98. The lowest BCUT2D eigenvalue weighted by molar-refractivity contribution is -0.142. The smallest absolute Gasteiger partial charge is 0.254 e. The number of hydrogen-bond acceptors (Lipinski definition) is 6. The number of likely N-dealkylation sites (tertiary alicyclic amines) is 1. The van der Waals surface area contributed by atoms with Gasteiger partial charge in [-0.1, -0.05) is 60.7 Å². The second-order valence-corrected chi connectivity index (χ2v) is 13.9. The Bertz CT molecular complexity index is 1670. The number of rotatable bonds is 13. The standard InChI is InChI=1S/C38H47N5O3S/c1-26(39)29-12-7-13-31(24-29)37(45)43(4)35(23-27-16-17-28-10-5-6-11-30(28)22-27)38(46)42(3)34(25-33-15-9-21-47-33)36(44)40-19-18-32-14-8-20-41(32)2/h5-7,9-13,15-17,21-22,24,26,32,34-35H,8,14,18-20,23,25,39H2,1-4H3,(H,40,44)/t26?,32?,34-,35-/m1/s1. The van der Waals surface area contributed by atoms with Crippen LogP contribution in [0.25, 0.3) is 10.8 Å². The summed E-state index contributed by atoms with van der Waals surface area (Å²) in [5.41, 5.74) is 8.36. The number of thiophene rings is 1. The first-order valence-corrected chi connectivity index (χ1v) is 17.4. The van der Waals surface area contributed by atoms with Crippen molar-refractivity contribution in [2.75, 3.05) is 34.2 Å². The van der Waals surface area contributed by atoms with E-state index < -0.39 is 12.1 Å². The van der Waals surface area contributed by atoms with Crippen molar-refractivity contribution < 1.29 is 14.4 Å². The lowest BCUT2D eigenvalue weighted by Gasteiger charge is -2.34. The van der Waals surface area contributed by atoms with Gasteiger partial charge in [-0.25, -0.2) is 0 Å². The minimum Gasteiger partial charge on any atom is -0.354 e. The third-order valence-corrected chi connectivity index (χ3v) is 10.4. The zero-order chi connectivity index (χ0) is 33.5. The highest BCUT2D eigenvalue weighted by molar-refractivity contribution is 7.09. The first-order valence-electron chi connectivity index (χ1n) is 16.5. The highest BCUT2D eigenvalue weighted by atomic mass is 32.1. The van der Waals surface area contributed by atoms with Crippen molar-refractivity contribution in [1.29, 1.82) is 0 Å². The molecule has 0 aliphatic carbocycles. The molecule has 0 saturated carbocycles. The highest BCUT2D eigenvalue weighted by Gasteiger charge is 2.36. The molecule has 2 unspecified atom stereocenters. The van der Waals surface area contributed by atoms with E-state index in [-0.39, 0.29) is 23.8 Å². The summed E-state index contributed by atoms with van der Waals surface area (Å²) >= 11 is 1.57. The molecular formula is C38H47N5O3S. The van der Waals surface area contributed by atoms with Gasteiger partial charge in [-0.2, -0.15) is 0 Å². The number of amides is 3. The highest BCUT2D eigenvalue weighted by Crippen LogP contribution is 2.23. The van der Waals surface area contributed by atoms with Gasteiger partial charge in [0.1, 0.15) is 12.1 Å². The van der Waals surface area contributed by atoms with Crippen LogP contribution < -0.4 is 11.1 Å². The molecule has 1 aromatic heterocycles. The van der Waals surface area contributed by atoms with Crippen LogP contribution in [-0.2, 0) is 22.4 Å². The monoisotopic (exact) mass is 653 g/mol. The van der Waals surface area contributed by atoms with Crippen molar-refractivity contribution in [2.45, 2.75) is 63.2 Å². The van der Waals surface area contributed by atoms with Gasteiger partial charge in [-0.05, 0) is 85.3 Å².